The number of alkyl halides is 3. The SMILES string of the molecule is CC(N)(C(=O)CCCC(F)(F)F)C1CC1. The van der Waals surface area contributed by atoms with E-state index < -0.39 is 18.1 Å². The number of Topliss-reactive ketones (excluding diaryl/α,β-unsaturated/α-hetero) is 1. The molecular weight excluding hydrogens is 207 g/mol. The Morgan fingerprint density at radius 1 is 1.40 bits per heavy atom. The molecule has 15 heavy (non-hydrogen) atoms. The van der Waals surface area contributed by atoms with Crippen LogP contribution in [-0.4, -0.2) is 17.5 Å². The van der Waals surface area contributed by atoms with Crippen molar-refractivity contribution in [2.45, 2.75) is 50.7 Å². The molecular formula is C10H16F3NO. The third kappa shape index (κ3) is 3.81. The minimum atomic E-state index is -4.18. The molecule has 1 saturated carbocycles. The Morgan fingerprint density at radius 3 is 2.33 bits per heavy atom. The monoisotopic (exact) mass is 223 g/mol. The summed E-state index contributed by atoms with van der Waals surface area (Å²) in [6, 6.07) is 0. The van der Waals surface area contributed by atoms with Crippen LogP contribution in [0.5, 0.6) is 0 Å². The van der Waals surface area contributed by atoms with Gasteiger partial charge in [0.25, 0.3) is 0 Å². The third-order valence-electron chi connectivity index (χ3n) is 2.89. The maximum Gasteiger partial charge on any atom is 0.389 e. The first kappa shape index (κ1) is 12.5. The topological polar surface area (TPSA) is 43.1 Å². The smallest absolute Gasteiger partial charge is 0.319 e. The summed E-state index contributed by atoms with van der Waals surface area (Å²) < 4.78 is 35.5. The van der Waals surface area contributed by atoms with Crippen molar-refractivity contribution in [1.82, 2.24) is 0 Å². The van der Waals surface area contributed by atoms with Crippen LogP contribution in [0.15, 0.2) is 0 Å². The second kappa shape index (κ2) is 4.12. The molecule has 1 fully saturated rings. The summed E-state index contributed by atoms with van der Waals surface area (Å²) in [6.45, 7) is 1.63. The van der Waals surface area contributed by atoms with Gasteiger partial charge in [-0.3, -0.25) is 4.79 Å². The van der Waals surface area contributed by atoms with E-state index in [0.29, 0.717) is 0 Å². The highest BCUT2D eigenvalue weighted by Gasteiger charge is 2.43. The lowest BCUT2D eigenvalue weighted by Crippen LogP contribution is -2.47. The van der Waals surface area contributed by atoms with Gasteiger partial charge in [0.05, 0.1) is 5.54 Å². The average molecular weight is 223 g/mol. The predicted octanol–water partition coefficient (Wildman–Crippen LogP) is 2.42. The van der Waals surface area contributed by atoms with E-state index in [0.717, 1.165) is 12.8 Å². The maximum absolute atomic E-state index is 11.8. The van der Waals surface area contributed by atoms with Gasteiger partial charge in [0.1, 0.15) is 0 Å². The molecule has 1 aliphatic carbocycles. The van der Waals surface area contributed by atoms with Gasteiger partial charge in [0, 0.05) is 12.8 Å². The first-order valence-corrected chi connectivity index (χ1v) is 5.12. The second-order valence-electron chi connectivity index (χ2n) is 4.45. The van der Waals surface area contributed by atoms with Crippen molar-refractivity contribution < 1.29 is 18.0 Å². The van der Waals surface area contributed by atoms with E-state index in [1.807, 2.05) is 0 Å². The Kier molecular flexibility index (Phi) is 3.43. The lowest BCUT2D eigenvalue weighted by atomic mass is 9.89. The minimum Gasteiger partial charge on any atom is -0.319 e. The van der Waals surface area contributed by atoms with Gasteiger partial charge in [-0.1, -0.05) is 0 Å². The number of carbonyl (C=O) groups excluding carboxylic acids is 1. The fourth-order valence-corrected chi connectivity index (χ4v) is 1.63. The number of hydrogen-bond donors (Lipinski definition) is 1. The van der Waals surface area contributed by atoms with E-state index in [2.05, 4.69) is 0 Å². The van der Waals surface area contributed by atoms with Crippen LogP contribution in [0, 0.1) is 5.92 Å². The van der Waals surface area contributed by atoms with E-state index in [1.165, 1.54) is 0 Å². The van der Waals surface area contributed by atoms with Gasteiger partial charge in [0.15, 0.2) is 5.78 Å². The summed E-state index contributed by atoms with van der Waals surface area (Å²) in [6.07, 6.45) is -3.47. The van der Waals surface area contributed by atoms with Crippen molar-refractivity contribution in [3.63, 3.8) is 0 Å². The summed E-state index contributed by atoms with van der Waals surface area (Å²) >= 11 is 0. The minimum absolute atomic E-state index is 0.0665. The lowest BCUT2D eigenvalue weighted by molar-refractivity contribution is -0.138. The van der Waals surface area contributed by atoms with E-state index in [-0.39, 0.29) is 24.5 Å². The summed E-state index contributed by atoms with van der Waals surface area (Å²) in [5.74, 6) is -0.0647. The van der Waals surface area contributed by atoms with Crippen LogP contribution in [0.1, 0.15) is 39.0 Å². The molecule has 0 aliphatic heterocycles. The Hall–Kier alpha value is -0.580. The molecule has 5 heteroatoms. The highest BCUT2D eigenvalue weighted by molar-refractivity contribution is 5.88. The highest BCUT2D eigenvalue weighted by Crippen LogP contribution is 2.39. The van der Waals surface area contributed by atoms with Crippen LogP contribution in [-0.2, 0) is 4.79 Å². The van der Waals surface area contributed by atoms with Gasteiger partial charge in [0.2, 0.25) is 0 Å². The second-order valence-corrected chi connectivity index (χ2v) is 4.45. The van der Waals surface area contributed by atoms with Gasteiger partial charge in [-0.15, -0.1) is 0 Å². The first-order chi connectivity index (χ1) is 6.73. The molecule has 2 nitrogen and oxygen atoms in total. The maximum atomic E-state index is 11.8. The standard InChI is InChI=1S/C10H16F3NO/c1-9(14,7-4-5-7)8(15)3-2-6-10(11,12)13/h7H,2-6,14H2,1H3. The summed E-state index contributed by atoms with van der Waals surface area (Å²) in [7, 11) is 0. The van der Waals surface area contributed by atoms with Crippen LogP contribution in [0.25, 0.3) is 0 Å². The lowest BCUT2D eigenvalue weighted by Gasteiger charge is -2.22. The van der Waals surface area contributed by atoms with Crippen molar-refractivity contribution in [3.8, 4) is 0 Å². The van der Waals surface area contributed by atoms with Crippen molar-refractivity contribution >= 4 is 5.78 Å². The Balaban J connectivity index is 2.29. The number of ketones is 1. The summed E-state index contributed by atoms with van der Waals surface area (Å²) in [5, 5.41) is 0. The van der Waals surface area contributed by atoms with Crippen LogP contribution in [0.2, 0.25) is 0 Å². The molecule has 1 aliphatic rings. The zero-order valence-corrected chi connectivity index (χ0v) is 8.73. The van der Waals surface area contributed by atoms with Crippen molar-refractivity contribution in [3.05, 3.63) is 0 Å². The molecule has 0 saturated heterocycles. The predicted molar refractivity (Wildman–Crippen MR) is 50.2 cm³/mol. The van der Waals surface area contributed by atoms with Gasteiger partial charge in [-0.2, -0.15) is 13.2 Å². The van der Waals surface area contributed by atoms with Crippen LogP contribution in [0.4, 0.5) is 13.2 Å². The number of rotatable bonds is 5. The number of halogens is 3. The number of nitrogens with two attached hydrogens (primary N) is 1. The van der Waals surface area contributed by atoms with Crippen LogP contribution in [0.3, 0.4) is 0 Å². The normalized spacial score (nSPS) is 21.1. The van der Waals surface area contributed by atoms with Crippen molar-refractivity contribution in [2.75, 3.05) is 0 Å². The fraction of sp³-hybridized carbons (Fsp3) is 0.900. The third-order valence-corrected chi connectivity index (χ3v) is 2.89. The largest absolute Gasteiger partial charge is 0.389 e. The molecule has 0 aromatic rings. The number of carbonyl (C=O) groups is 1. The zero-order chi connectivity index (χ0) is 11.7. The Labute approximate surface area is 87.0 Å². The van der Waals surface area contributed by atoms with E-state index in [4.69, 9.17) is 5.73 Å². The first-order valence-electron chi connectivity index (χ1n) is 5.12. The van der Waals surface area contributed by atoms with E-state index in [1.54, 1.807) is 6.92 Å². The highest BCUT2D eigenvalue weighted by atomic mass is 19.4. The molecule has 0 aromatic heterocycles. The van der Waals surface area contributed by atoms with Gasteiger partial charge >= 0.3 is 6.18 Å². The Bertz CT molecular complexity index is 244. The average Bonchev–Trinajstić information content (AvgIpc) is 2.83. The molecule has 88 valence electrons. The van der Waals surface area contributed by atoms with E-state index >= 15 is 0 Å². The molecule has 0 aromatic carbocycles. The van der Waals surface area contributed by atoms with Gasteiger partial charge < -0.3 is 5.73 Å². The van der Waals surface area contributed by atoms with Crippen LogP contribution < -0.4 is 5.73 Å². The Morgan fingerprint density at radius 2 is 1.93 bits per heavy atom. The molecule has 1 unspecified atom stereocenters. The van der Waals surface area contributed by atoms with Gasteiger partial charge in [-0.05, 0) is 32.1 Å². The van der Waals surface area contributed by atoms with E-state index in [9.17, 15) is 18.0 Å². The molecule has 0 spiro atoms. The zero-order valence-electron chi connectivity index (χ0n) is 8.73. The molecule has 0 heterocycles. The van der Waals surface area contributed by atoms with Crippen LogP contribution >= 0.6 is 0 Å². The molecule has 1 rings (SSSR count). The molecule has 0 amide bonds. The molecule has 0 bridgehead atoms. The molecule has 2 N–H and O–H groups in total. The van der Waals surface area contributed by atoms with Gasteiger partial charge in [-0.25, -0.2) is 0 Å². The summed E-state index contributed by atoms with van der Waals surface area (Å²) in [5.41, 5.74) is 4.87. The molecule has 1 atom stereocenters. The molecule has 0 radical (unpaired) electrons. The number of hydrogen-bond acceptors (Lipinski definition) is 2. The van der Waals surface area contributed by atoms with Crippen molar-refractivity contribution in [1.29, 1.82) is 0 Å². The summed E-state index contributed by atoms with van der Waals surface area (Å²) in [4.78, 5) is 11.5. The fourth-order valence-electron chi connectivity index (χ4n) is 1.63. The quantitative estimate of drug-likeness (QED) is 0.777. The van der Waals surface area contributed by atoms with Crippen molar-refractivity contribution in [2.24, 2.45) is 11.7 Å².